The SMILES string of the molecule is Cc1cc(P(O)O)ccc1N(C)C.[Na]. The van der Waals surface area contributed by atoms with E-state index in [2.05, 4.69) is 0 Å². The number of rotatable bonds is 2. The number of anilines is 1. The van der Waals surface area contributed by atoms with Gasteiger partial charge in [-0.05, 0) is 30.7 Å². The monoisotopic (exact) mass is 222 g/mol. The zero-order chi connectivity index (χ0) is 10.0. The summed E-state index contributed by atoms with van der Waals surface area (Å²) in [6, 6.07) is 5.45. The molecule has 2 N–H and O–H groups in total. The van der Waals surface area contributed by atoms with Gasteiger partial charge in [0.1, 0.15) is 0 Å². The van der Waals surface area contributed by atoms with Crippen LogP contribution in [0.3, 0.4) is 0 Å². The maximum atomic E-state index is 8.98. The summed E-state index contributed by atoms with van der Waals surface area (Å²) >= 11 is 0. The Labute approximate surface area is 108 Å². The molecule has 1 rings (SSSR count). The van der Waals surface area contributed by atoms with Gasteiger partial charge in [0, 0.05) is 54.6 Å². The first-order valence-corrected chi connectivity index (χ1v) is 5.23. The first kappa shape index (κ1) is 14.4. The molecule has 0 saturated carbocycles. The Morgan fingerprint density at radius 2 is 1.79 bits per heavy atom. The number of aryl methyl sites for hydroxylation is 1. The maximum absolute atomic E-state index is 8.98. The van der Waals surface area contributed by atoms with Crippen LogP contribution < -0.4 is 10.2 Å². The molecule has 0 atom stereocenters. The van der Waals surface area contributed by atoms with Gasteiger partial charge in [0.2, 0.25) is 0 Å². The Morgan fingerprint density at radius 3 is 2.14 bits per heavy atom. The minimum Gasteiger partial charge on any atom is -0.377 e. The second kappa shape index (κ2) is 6.06. The summed E-state index contributed by atoms with van der Waals surface area (Å²) in [6.45, 7) is 1.96. The van der Waals surface area contributed by atoms with Gasteiger partial charge in [-0.25, -0.2) is 0 Å². The van der Waals surface area contributed by atoms with E-state index in [4.69, 9.17) is 9.79 Å². The van der Waals surface area contributed by atoms with E-state index < -0.39 is 8.38 Å². The Bertz CT molecular complexity index is 305. The minimum atomic E-state index is -1.96. The third kappa shape index (κ3) is 3.50. The second-order valence-corrected chi connectivity index (χ2v) is 4.25. The van der Waals surface area contributed by atoms with Crippen LogP contribution in [0, 0.1) is 6.92 Å². The van der Waals surface area contributed by atoms with E-state index in [0.29, 0.717) is 5.30 Å². The molecule has 0 spiro atoms. The third-order valence-electron chi connectivity index (χ3n) is 1.89. The molecule has 0 aliphatic heterocycles. The number of hydrogen-bond donors (Lipinski definition) is 2. The first-order chi connectivity index (χ1) is 6.02. The average molecular weight is 222 g/mol. The van der Waals surface area contributed by atoms with Crippen LogP contribution in [0.2, 0.25) is 0 Å². The fraction of sp³-hybridized carbons (Fsp3) is 0.333. The van der Waals surface area contributed by atoms with Crippen LogP contribution in [-0.4, -0.2) is 53.4 Å². The van der Waals surface area contributed by atoms with Crippen molar-refractivity contribution in [3.63, 3.8) is 0 Å². The number of nitrogens with zero attached hydrogens (tertiary/aromatic N) is 1. The van der Waals surface area contributed by atoms with Crippen molar-refractivity contribution in [3.05, 3.63) is 23.8 Å². The van der Waals surface area contributed by atoms with Crippen molar-refractivity contribution in [1.29, 1.82) is 0 Å². The largest absolute Gasteiger partial charge is 0.377 e. The third-order valence-corrected chi connectivity index (χ3v) is 2.63. The molecule has 0 aromatic heterocycles. The van der Waals surface area contributed by atoms with Gasteiger partial charge in [0.25, 0.3) is 0 Å². The molecule has 3 nitrogen and oxygen atoms in total. The molecule has 0 unspecified atom stereocenters. The first-order valence-electron chi connectivity index (χ1n) is 3.98. The van der Waals surface area contributed by atoms with Crippen molar-refractivity contribution in [2.24, 2.45) is 0 Å². The van der Waals surface area contributed by atoms with Crippen molar-refractivity contribution in [1.82, 2.24) is 0 Å². The molecule has 73 valence electrons. The van der Waals surface area contributed by atoms with Gasteiger partial charge in [-0.1, -0.05) is 0 Å². The number of hydrogen-bond acceptors (Lipinski definition) is 3. The summed E-state index contributed by atoms with van der Waals surface area (Å²) in [7, 11) is 1.96. The van der Waals surface area contributed by atoms with Crippen LogP contribution in [-0.2, 0) is 0 Å². The van der Waals surface area contributed by atoms with Crippen LogP contribution in [0.15, 0.2) is 18.2 Å². The van der Waals surface area contributed by atoms with Gasteiger partial charge in [-0.2, -0.15) is 0 Å². The van der Waals surface area contributed by atoms with Gasteiger partial charge < -0.3 is 14.7 Å². The van der Waals surface area contributed by atoms with Crippen LogP contribution >= 0.6 is 8.38 Å². The van der Waals surface area contributed by atoms with E-state index >= 15 is 0 Å². The summed E-state index contributed by atoms with van der Waals surface area (Å²) in [4.78, 5) is 20.0. The smallest absolute Gasteiger partial charge is 0.199 e. The normalized spacial score (nSPS) is 9.86. The van der Waals surface area contributed by atoms with Crippen LogP contribution in [0.4, 0.5) is 5.69 Å². The predicted molar refractivity (Wildman–Crippen MR) is 62.3 cm³/mol. The fourth-order valence-electron chi connectivity index (χ4n) is 1.27. The van der Waals surface area contributed by atoms with E-state index in [0.717, 1.165) is 11.3 Å². The summed E-state index contributed by atoms with van der Waals surface area (Å²) in [5.41, 5.74) is 2.15. The van der Waals surface area contributed by atoms with Crippen LogP contribution in [0.25, 0.3) is 0 Å². The Kier molecular flexibility index (Phi) is 6.22. The summed E-state index contributed by atoms with van der Waals surface area (Å²) < 4.78 is 0. The summed E-state index contributed by atoms with van der Waals surface area (Å²) in [5.74, 6) is 0. The zero-order valence-electron chi connectivity index (χ0n) is 9.02. The molecular formula is C9H14NNaO2P. The molecule has 0 aliphatic rings. The quantitative estimate of drug-likeness (QED) is 0.569. The molecule has 1 aromatic carbocycles. The maximum Gasteiger partial charge on any atom is 0.199 e. The Morgan fingerprint density at radius 1 is 1.21 bits per heavy atom. The van der Waals surface area contributed by atoms with E-state index in [1.54, 1.807) is 12.1 Å². The van der Waals surface area contributed by atoms with Crippen molar-refractivity contribution in [2.75, 3.05) is 19.0 Å². The molecule has 14 heavy (non-hydrogen) atoms. The second-order valence-electron chi connectivity index (χ2n) is 3.15. The molecule has 0 bridgehead atoms. The summed E-state index contributed by atoms with van der Waals surface area (Å²) in [6.07, 6.45) is 0. The average Bonchev–Trinajstić information content (AvgIpc) is 2.03. The van der Waals surface area contributed by atoms with Crippen molar-refractivity contribution in [3.8, 4) is 0 Å². The molecule has 5 heteroatoms. The van der Waals surface area contributed by atoms with E-state index in [-0.39, 0.29) is 29.6 Å². The molecule has 1 aromatic rings. The van der Waals surface area contributed by atoms with Crippen LogP contribution in [0.5, 0.6) is 0 Å². The topological polar surface area (TPSA) is 43.7 Å². The molecule has 0 heterocycles. The molecule has 0 aliphatic carbocycles. The van der Waals surface area contributed by atoms with E-state index in [1.165, 1.54) is 0 Å². The Balaban J connectivity index is 0.00000169. The van der Waals surface area contributed by atoms with Crippen molar-refractivity contribution in [2.45, 2.75) is 6.92 Å². The Hall–Kier alpha value is 0.370. The van der Waals surface area contributed by atoms with Gasteiger partial charge in [-0.15, -0.1) is 0 Å². The predicted octanol–water partition coefficient (Wildman–Crippen LogP) is 0.602. The van der Waals surface area contributed by atoms with Crippen molar-refractivity contribution >= 4 is 48.9 Å². The zero-order valence-corrected chi connectivity index (χ0v) is 11.9. The number of benzene rings is 1. The summed E-state index contributed by atoms with van der Waals surface area (Å²) in [5, 5.41) is 0.595. The van der Waals surface area contributed by atoms with Gasteiger partial charge >= 0.3 is 0 Å². The molecule has 0 amide bonds. The van der Waals surface area contributed by atoms with Gasteiger partial charge in [0.15, 0.2) is 8.38 Å². The van der Waals surface area contributed by atoms with Crippen LogP contribution in [0.1, 0.15) is 5.56 Å². The molecule has 1 radical (unpaired) electrons. The molecular weight excluding hydrogens is 208 g/mol. The molecule has 0 fully saturated rings. The fourth-order valence-corrected chi connectivity index (χ4v) is 1.78. The van der Waals surface area contributed by atoms with Gasteiger partial charge in [-0.3, -0.25) is 0 Å². The van der Waals surface area contributed by atoms with Crippen molar-refractivity contribution < 1.29 is 9.79 Å². The van der Waals surface area contributed by atoms with E-state index in [1.807, 2.05) is 32.0 Å². The van der Waals surface area contributed by atoms with E-state index in [9.17, 15) is 0 Å². The van der Waals surface area contributed by atoms with Gasteiger partial charge in [0.05, 0.1) is 0 Å². The minimum absolute atomic E-state index is 0. The standard InChI is InChI=1S/C9H14NO2P.Na/c1-7-6-8(13(11)12)4-5-9(7)10(2)3;/h4-6,11-12H,1-3H3;. The molecule has 0 saturated heterocycles.